The minimum atomic E-state index is 0.496. The third-order valence-corrected chi connectivity index (χ3v) is 6.07. The van der Waals surface area contributed by atoms with E-state index >= 15 is 0 Å². The van der Waals surface area contributed by atoms with Crippen LogP contribution in [-0.2, 0) is 11.3 Å². The Morgan fingerprint density at radius 2 is 2.30 bits per heavy atom. The summed E-state index contributed by atoms with van der Waals surface area (Å²) in [6.07, 6.45) is 6.35. The van der Waals surface area contributed by atoms with Gasteiger partial charge in [-0.1, -0.05) is 0 Å². The molecule has 5 nitrogen and oxygen atoms in total. The average molecular weight is 334 g/mol. The van der Waals surface area contributed by atoms with E-state index in [4.69, 9.17) is 10.00 Å². The minimum absolute atomic E-state index is 0.496. The second-order valence-corrected chi connectivity index (χ2v) is 7.76. The van der Waals surface area contributed by atoms with Gasteiger partial charge in [-0.2, -0.15) is 5.26 Å². The minimum Gasteiger partial charge on any atom is -0.379 e. The first-order valence-corrected chi connectivity index (χ1v) is 9.37. The Bertz CT molecular complexity index is 519. The molecule has 1 unspecified atom stereocenters. The molecule has 1 saturated carbocycles. The average Bonchev–Trinajstić information content (AvgIpc) is 3.01. The monoisotopic (exact) mass is 334 g/mol. The predicted molar refractivity (Wildman–Crippen MR) is 91.1 cm³/mol. The molecule has 0 radical (unpaired) electrons. The van der Waals surface area contributed by atoms with Gasteiger partial charge >= 0.3 is 0 Å². The van der Waals surface area contributed by atoms with Crippen molar-refractivity contribution < 1.29 is 4.74 Å². The molecule has 2 aliphatic rings. The molecule has 0 bridgehead atoms. The highest BCUT2D eigenvalue weighted by Crippen LogP contribution is 2.56. The molecule has 0 N–H and O–H groups in total. The van der Waals surface area contributed by atoms with E-state index in [1.165, 1.54) is 37.4 Å². The summed E-state index contributed by atoms with van der Waals surface area (Å²) in [7, 11) is 2.25. The van der Waals surface area contributed by atoms with Crippen molar-refractivity contribution in [2.24, 2.45) is 5.41 Å². The lowest BCUT2D eigenvalue weighted by Gasteiger charge is -2.34. The molecule has 1 aromatic heterocycles. The number of nitrogens with zero attached hydrogens (tertiary/aromatic N) is 4. The van der Waals surface area contributed by atoms with E-state index in [1.807, 2.05) is 6.20 Å². The number of hydrogen-bond donors (Lipinski definition) is 0. The van der Waals surface area contributed by atoms with Gasteiger partial charge in [-0.05, 0) is 44.8 Å². The molecule has 1 aromatic rings. The Kier molecular flexibility index (Phi) is 5.65. The Hall–Kier alpha value is -1.00. The van der Waals surface area contributed by atoms with Crippen molar-refractivity contribution in [2.45, 2.75) is 38.3 Å². The van der Waals surface area contributed by atoms with E-state index in [2.05, 4.69) is 33.3 Å². The number of likely N-dealkylation sites (tertiary alicyclic amines) is 1. The topological polar surface area (TPSA) is 52.4 Å². The van der Waals surface area contributed by atoms with Gasteiger partial charge in [0, 0.05) is 24.2 Å². The highest BCUT2D eigenvalue weighted by molar-refractivity contribution is 7.09. The lowest BCUT2D eigenvalue weighted by Crippen LogP contribution is -2.39. The van der Waals surface area contributed by atoms with Crippen molar-refractivity contribution in [1.82, 2.24) is 14.8 Å². The Morgan fingerprint density at radius 3 is 3.00 bits per heavy atom. The predicted octanol–water partition coefficient (Wildman–Crippen LogP) is 2.36. The maximum Gasteiger partial charge on any atom is 0.107 e. The van der Waals surface area contributed by atoms with Gasteiger partial charge in [0.05, 0.1) is 32.2 Å². The molecule has 2 fully saturated rings. The normalized spacial score (nSPS) is 23.3. The maximum atomic E-state index is 8.48. The Morgan fingerprint density at radius 1 is 1.48 bits per heavy atom. The van der Waals surface area contributed by atoms with Gasteiger partial charge in [-0.15, -0.1) is 11.3 Å². The summed E-state index contributed by atoms with van der Waals surface area (Å²) < 4.78 is 5.48. The second kappa shape index (κ2) is 7.71. The largest absolute Gasteiger partial charge is 0.379 e. The fourth-order valence-corrected chi connectivity index (χ4v) is 4.46. The zero-order chi connectivity index (χ0) is 16.1. The summed E-state index contributed by atoms with van der Waals surface area (Å²) in [5, 5.41) is 11.8. The standard InChI is InChI=1S/C17H26N4OS/c1-20(14-16-19-6-12-23-16)15-13-17(15)3-7-21(8-4-17)9-11-22-10-2-5-18/h6,12,15H,2-4,7-11,13-14H2,1H3. The molecule has 0 aromatic carbocycles. The number of aromatic nitrogens is 1. The van der Waals surface area contributed by atoms with Crippen LogP contribution >= 0.6 is 11.3 Å². The van der Waals surface area contributed by atoms with Gasteiger partial charge in [0.2, 0.25) is 0 Å². The van der Waals surface area contributed by atoms with Crippen molar-refractivity contribution in [1.29, 1.82) is 5.26 Å². The third-order valence-electron chi connectivity index (χ3n) is 5.31. The first kappa shape index (κ1) is 16.8. The second-order valence-electron chi connectivity index (χ2n) is 6.79. The Balaban J connectivity index is 1.35. The van der Waals surface area contributed by atoms with Gasteiger partial charge in [0.1, 0.15) is 5.01 Å². The van der Waals surface area contributed by atoms with Crippen LogP contribution in [0, 0.1) is 16.7 Å². The summed E-state index contributed by atoms with van der Waals surface area (Å²) in [4.78, 5) is 9.41. The van der Waals surface area contributed by atoms with Gasteiger partial charge in [-0.25, -0.2) is 4.98 Å². The van der Waals surface area contributed by atoms with Gasteiger partial charge in [-0.3, -0.25) is 4.90 Å². The number of piperidine rings is 1. The van der Waals surface area contributed by atoms with Crippen LogP contribution in [-0.4, -0.2) is 60.7 Å². The molecule has 126 valence electrons. The van der Waals surface area contributed by atoms with E-state index in [0.717, 1.165) is 25.7 Å². The summed E-state index contributed by atoms with van der Waals surface area (Å²) in [5.41, 5.74) is 0.560. The highest BCUT2D eigenvalue weighted by Gasteiger charge is 2.56. The molecule has 3 rings (SSSR count). The Labute approximate surface area is 142 Å². The van der Waals surface area contributed by atoms with Gasteiger partial charge in [0.15, 0.2) is 0 Å². The van der Waals surface area contributed by atoms with E-state index in [0.29, 0.717) is 18.4 Å². The lowest BCUT2D eigenvalue weighted by molar-refractivity contribution is 0.0826. The number of hydrogen-bond acceptors (Lipinski definition) is 6. The summed E-state index contributed by atoms with van der Waals surface area (Å²) in [5.74, 6) is 0. The summed E-state index contributed by atoms with van der Waals surface area (Å²) >= 11 is 1.75. The van der Waals surface area contributed by atoms with Crippen LogP contribution in [0.4, 0.5) is 0 Å². The maximum absolute atomic E-state index is 8.48. The van der Waals surface area contributed by atoms with Gasteiger partial charge in [0.25, 0.3) is 0 Å². The summed E-state index contributed by atoms with van der Waals surface area (Å²) in [6.45, 7) is 5.67. The van der Waals surface area contributed by atoms with Crippen molar-refractivity contribution in [2.75, 3.05) is 39.9 Å². The molecule has 1 aliphatic carbocycles. The van der Waals surface area contributed by atoms with Crippen LogP contribution in [0.5, 0.6) is 0 Å². The smallest absolute Gasteiger partial charge is 0.107 e. The zero-order valence-electron chi connectivity index (χ0n) is 13.9. The molecular formula is C17H26N4OS. The van der Waals surface area contributed by atoms with Crippen molar-refractivity contribution >= 4 is 11.3 Å². The quantitative estimate of drug-likeness (QED) is 0.683. The van der Waals surface area contributed by atoms with E-state index in [9.17, 15) is 0 Å². The fourth-order valence-electron chi connectivity index (χ4n) is 3.78. The van der Waals surface area contributed by atoms with Crippen molar-refractivity contribution in [3.05, 3.63) is 16.6 Å². The van der Waals surface area contributed by atoms with E-state index in [-0.39, 0.29) is 0 Å². The van der Waals surface area contributed by atoms with Crippen LogP contribution in [0.2, 0.25) is 0 Å². The lowest BCUT2D eigenvalue weighted by atomic mass is 9.92. The van der Waals surface area contributed by atoms with Gasteiger partial charge < -0.3 is 9.64 Å². The molecular weight excluding hydrogens is 308 g/mol. The van der Waals surface area contributed by atoms with E-state index < -0.39 is 0 Å². The zero-order valence-corrected chi connectivity index (χ0v) is 14.7. The molecule has 2 heterocycles. The van der Waals surface area contributed by atoms with Crippen LogP contribution in [0.3, 0.4) is 0 Å². The molecule has 1 spiro atoms. The molecule has 1 atom stereocenters. The van der Waals surface area contributed by atoms with Crippen LogP contribution < -0.4 is 0 Å². The molecule has 0 amide bonds. The molecule has 1 aliphatic heterocycles. The third kappa shape index (κ3) is 4.30. The van der Waals surface area contributed by atoms with E-state index in [1.54, 1.807) is 11.3 Å². The SMILES string of the molecule is CN(Cc1nccs1)C1CC12CCN(CCOCCC#N)CC2. The number of ether oxygens (including phenoxy) is 1. The molecule has 23 heavy (non-hydrogen) atoms. The fraction of sp³-hybridized carbons (Fsp3) is 0.765. The number of thiazole rings is 1. The first-order valence-electron chi connectivity index (χ1n) is 8.49. The molecule has 6 heteroatoms. The highest BCUT2D eigenvalue weighted by atomic mass is 32.1. The first-order chi connectivity index (χ1) is 11.2. The van der Waals surface area contributed by atoms with Crippen LogP contribution in [0.25, 0.3) is 0 Å². The van der Waals surface area contributed by atoms with Crippen LogP contribution in [0.15, 0.2) is 11.6 Å². The number of nitriles is 1. The van der Waals surface area contributed by atoms with Crippen molar-refractivity contribution in [3.63, 3.8) is 0 Å². The number of rotatable bonds is 8. The summed E-state index contributed by atoms with van der Waals surface area (Å²) in [6, 6.07) is 2.85. The van der Waals surface area contributed by atoms with Crippen molar-refractivity contribution in [3.8, 4) is 6.07 Å². The molecule has 1 saturated heterocycles. The van der Waals surface area contributed by atoms with Crippen LogP contribution in [0.1, 0.15) is 30.7 Å².